The fourth-order valence-electron chi connectivity index (χ4n) is 2.85. The van der Waals surface area contributed by atoms with Gasteiger partial charge in [0.05, 0.1) is 35.2 Å². The number of rotatable bonds is 2. The predicted molar refractivity (Wildman–Crippen MR) is 82.3 cm³/mol. The summed E-state index contributed by atoms with van der Waals surface area (Å²) in [7, 11) is -7.08. The number of nitrogens with zero attached hydrogens (tertiary/aromatic N) is 1. The molecule has 122 valence electrons. The Morgan fingerprint density at radius 2 is 2.05 bits per heavy atom. The van der Waals surface area contributed by atoms with Crippen LogP contribution in [0.5, 0.6) is 0 Å². The highest BCUT2D eigenvalue weighted by Crippen LogP contribution is 2.30. The van der Waals surface area contributed by atoms with E-state index in [1.54, 1.807) is 13.0 Å². The number of benzene rings is 1. The van der Waals surface area contributed by atoms with Crippen molar-refractivity contribution in [2.75, 3.05) is 24.7 Å². The zero-order chi connectivity index (χ0) is 16.1. The quantitative estimate of drug-likeness (QED) is 0.775. The lowest BCUT2D eigenvalue weighted by Crippen LogP contribution is -2.53. The zero-order valence-electron chi connectivity index (χ0n) is 11.9. The minimum absolute atomic E-state index is 0.0769. The van der Waals surface area contributed by atoms with Crippen LogP contribution in [0.2, 0.25) is 5.02 Å². The number of aryl methyl sites for hydroxylation is 1. The number of morpholine rings is 1. The van der Waals surface area contributed by atoms with Crippen LogP contribution in [0.15, 0.2) is 23.1 Å². The van der Waals surface area contributed by atoms with Gasteiger partial charge in [-0.2, -0.15) is 4.31 Å². The topological polar surface area (TPSA) is 80.8 Å². The molecule has 9 heteroatoms. The largest absolute Gasteiger partial charge is 0.374 e. The number of hydrogen-bond acceptors (Lipinski definition) is 5. The van der Waals surface area contributed by atoms with Crippen LogP contribution in [0.4, 0.5) is 0 Å². The third-order valence-electron chi connectivity index (χ3n) is 4.04. The van der Waals surface area contributed by atoms with E-state index in [1.165, 1.54) is 16.4 Å². The van der Waals surface area contributed by atoms with Crippen molar-refractivity contribution in [3.8, 4) is 0 Å². The van der Waals surface area contributed by atoms with Gasteiger partial charge in [-0.25, -0.2) is 16.8 Å². The summed E-state index contributed by atoms with van der Waals surface area (Å²) >= 11 is 6.01. The van der Waals surface area contributed by atoms with E-state index >= 15 is 0 Å². The molecule has 0 bridgehead atoms. The summed E-state index contributed by atoms with van der Waals surface area (Å²) in [5.74, 6) is -0.325. The molecule has 0 radical (unpaired) electrons. The Morgan fingerprint density at radius 3 is 2.73 bits per heavy atom. The molecule has 0 aliphatic carbocycles. The van der Waals surface area contributed by atoms with Crippen molar-refractivity contribution in [2.45, 2.75) is 24.0 Å². The molecule has 2 atom stereocenters. The second-order valence-electron chi connectivity index (χ2n) is 5.58. The van der Waals surface area contributed by atoms with E-state index in [-0.39, 0.29) is 29.6 Å². The Morgan fingerprint density at radius 1 is 1.32 bits per heavy atom. The van der Waals surface area contributed by atoms with E-state index < -0.39 is 32.0 Å². The first-order valence-electron chi connectivity index (χ1n) is 6.81. The van der Waals surface area contributed by atoms with Crippen LogP contribution in [0.25, 0.3) is 0 Å². The average Bonchev–Trinajstić information content (AvgIpc) is 2.74. The van der Waals surface area contributed by atoms with Crippen LogP contribution in [0, 0.1) is 6.92 Å². The lowest BCUT2D eigenvalue weighted by atomic mass is 10.2. The molecule has 0 spiro atoms. The highest BCUT2D eigenvalue weighted by Gasteiger charge is 2.48. The first kappa shape index (κ1) is 16.2. The van der Waals surface area contributed by atoms with Gasteiger partial charge < -0.3 is 4.74 Å². The molecule has 1 aromatic carbocycles. The highest BCUT2D eigenvalue weighted by molar-refractivity contribution is 7.92. The van der Waals surface area contributed by atoms with Crippen molar-refractivity contribution in [3.63, 3.8) is 0 Å². The van der Waals surface area contributed by atoms with E-state index in [9.17, 15) is 16.8 Å². The van der Waals surface area contributed by atoms with Gasteiger partial charge in [0.2, 0.25) is 10.0 Å². The molecule has 2 unspecified atom stereocenters. The molecule has 3 rings (SSSR count). The standard InChI is InChI=1S/C13H16ClNO5S2/c1-9-2-3-10(6-11(9)14)22(18,19)15-4-5-20-13-8-21(16,17)7-12(13)15/h2-3,6,12-13H,4-5,7-8H2,1H3. The van der Waals surface area contributed by atoms with Gasteiger partial charge in [0, 0.05) is 11.6 Å². The summed E-state index contributed by atoms with van der Waals surface area (Å²) < 4.78 is 55.9. The van der Waals surface area contributed by atoms with Crippen LogP contribution >= 0.6 is 11.6 Å². The Balaban J connectivity index is 1.99. The van der Waals surface area contributed by atoms with Crippen molar-refractivity contribution in [2.24, 2.45) is 0 Å². The van der Waals surface area contributed by atoms with Gasteiger partial charge >= 0.3 is 0 Å². The van der Waals surface area contributed by atoms with E-state index in [0.717, 1.165) is 5.56 Å². The fourth-order valence-corrected chi connectivity index (χ4v) is 6.72. The second kappa shape index (κ2) is 5.45. The molecule has 0 saturated carbocycles. The zero-order valence-corrected chi connectivity index (χ0v) is 14.3. The van der Waals surface area contributed by atoms with Gasteiger partial charge in [-0.3, -0.25) is 0 Å². The van der Waals surface area contributed by atoms with Crippen LogP contribution in [-0.4, -0.2) is 57.9 Å². The first-order chi connectivity index (χ1) is 10.2. The van der Waals surface area contributed by atoms with Gasteiger partial charge in [0.1, 0.15) is 0 Å². The maximum Gasteiger partial charge on any atom is 0.243 e. The molecular weight excluding hydrogens is 350 g/mol. The maximum absolute atomic E-state index is 12.8. The summed E-state index contributed by atoms with van der Waals surface area (Å²) in [6.45, 7) is 2.12. The molecule has 2 aliphatic rings. The lowest BCUT2D eigenvalue weighted by Gasteiger charge is -2.35. The van der Waals surface area contributed by atoms with Crippen LogP contribution < -0.4 is 0 Å². The van der Waals surface area contributed by atoms with Gasteiger partial charge in [-0.15, -0.1) is 0 Å². The summed E-state index contributed by atoms with van der Waals surface area (Å²) in [5, 5.41) is 0.366. The Hall–Kier alpha value is -0.670. The third-order valence-corrected chi connectivity index (χ3v) is 8.05. The minimum Gasteiger partial charge on any atom is -0.374 e. The number of ether oxygens (including phenoxy) is 1. The lowest BCUT2D eigenvalue weighted by molar-refractivity contribution is -0.0141. The van der Waals surface area contributed by atoms with Crippen LogP contribution in [0.1, 0.15) is 5.56 Å². The van der Waals surface area contributed by atoms with Crippen molar-refractivity contribution in [1.82, 2.24) is 4.31 Å². The van der Waals surface area contributed by atoms with Crippen LogP contribution in [0.3, 0.4) is 0 Å². The number of halogens is 1. The number of hydrogen-bond donors (Lipinski definition) is 0. The van der Waals surface area contributed by atoms with Crippen molar-refractivity contribution in [1.29, 1.82) is 0 Å². The molecule has 2 heterocycles. The van der Waals surface area contributed by atoms with E-state index in [4.69, 9.17) is 16.3 Å². The molecule has 2 saturated heterocycles. The molecule has 0 N–H and O–H groups in total. The van der Waals surface area contributed by atoms with Crippen molar-refractivity contribution < 1.29 is 21.6 Å². The van der Waals surface area contributed by atoms with Gasteiger partial charge in [-0.1, -0.05) is 17.7 Å². The summed E-state index contributed by atoms with van der Waals surface area (Å²) in [4.78, 5) is 0.0769. The molecule has 0 amide bonds. The fraction of sp³-hybridized carbons (Fsp3) is 0.538. The van der Waals surface area contributed by atoms with Gasteiger partial charge in [0.15, 0.2) is 9.84 Å². The number of sulfone groups is 1. The molecule has 2 aliphatic heterocycles. The number of sulfonamides is 1. The summed E-state index contributed by atoms with van der Waals surface area (Å²) in [5.41, 5.74) is 0.781. The predicted octanol–water partition coefficient (Wildman–Crippen LogP) is 0.835. The SMILES string of the molecule is Cc1ccc(S(=O)(=O)N2CCOC3CS(=O)(=O)CC32)cc1Cl. The van der Waals surface area contributed by atoms with E-state index in [2.05, 4.69) is 0 Å². The summed E-state index contributed by atoms with van der Waals surface area (Å²) in [6.07, 6.45) is -0.588. The molecule has 6 nitrogen and oxygen atoms in total. The Bertz CT molecular complexity index is 806. The smallest absolute Gasteiger partial charge is 0.243 e. The van der Waals surface area contributed by atoms with Gasteiger partial charge in [-0.05, 0) is 24.6 Å². The minimum atomic E-state index is -3.80. The average molecular weight is 366 g/mol. The highest BCUT2D eigenvalue weighted by atomic mass is 35.5. The Kier molecular flexibility index (Phi) is 4.01. The van der Waals surface area contributed by atoms with Crippen molar-refractivity contribution in [3.05, 3.63) is 28.8 Å². The second-order valence-corrected chi connectivity index (χ2v) is 10.0. The van der Waals surface area contributed by atoms with Gasteiger partial charge in [0.25, 0.3) is 0 Å². The Labute approximate surface area is 135 Å². The first-order valence-corrected chi connectivity index (χ1v) is 10.4. The molecule has 0 aromatic heterocycles. The third kappa shape index (κ3) is 2.78. The summed E-state index contributed by atoms with van der Waals surface area (Å²) in [6, 6.07) is 3.87. The molecule has 1 aromatic rings. The molecule has 2 fully saturated rings. The van der Waals surface area contributed by atoms with Crippen LogP contribution in [-0.2, 0) is 24.6 Å². The monoisotopic (exact) mass is 365 g/mol. The van der Waals surface area contributed by atoms with Crippen molar-refractivity contribution >= 4 is 31.5 Å². The number of fused-ring (bicyclic) bond motifs is 1. The van der Waals surface area contributed by atoms with E-state index in [0.29, 0.717) is 5.02 Å². The van der Waals surface area contributed by atoms with E-state index in [1.807, 2.05) is 0 Å². The maximum atomic E-state index is 12.8. The molecular formula is C13H16ClNO5S2. The normalized spacial score (nSPS) is 28.5. The molecule has 22 heavy (non-hydrogen) atoms.